The van der Waals surface area contributed by atoms with Crippen LogP contribution in [0.25, 0.3) is 0 Å². The average molecular weight is 182 g/mol. The van der Waals surface area contributed by atoms with Gasteiger partial charge in [-0.05, 0) is 24.2 Å². The van der Waals surface area contributed by atoms with Crippen LogP contribution in [0.4, 0.5) is 0 Å². The molecular formula is C13H26. The van der Waals surface area contributed by atoms with Crippen molar-refractivity contribution in [2.24, 2.45) is 11.3 Å². The van der Waals surface area contributed by atoms with Crippen LogP contribution in [0.2, 0.25) is 0 Å². The summed E-state index contributed by atoms with van der Waals surface area (Å²) in [5, 5.41) is 0. The van der Waals surface area contributed by atoms with Gasteiger partial charge in [0.2, 0.25) is 0 Å². The minimum absolute atomic E-state index is 0.493. The topological polar surface area (TPSA) is 0 Å². The van der Waals surface area contributed by atoms with Gasteiger partial charge in [0.15, 0.2) is 0 Å². The van der Waals surface area contributed by atoms with Crippen LogP contribution >= 0.6 is 0 Å². The number of hydrogen-bond donors (Lipinski definition) is 0. The van der Waals surface area contributed by atoms with Crippen LogP contribution in [0.5, 0.6) is 0 Å². The molecule has 0 bridgehead atoms. The summed E-state index contributed by atoms with van der Waals surface area (Å²) in [5.74, 6) is 0.698. The third kappa shape index (κ3) is 3.54. The molecule has 0 N–H and O–H groups in total. The van der Waals surface area contributed by atoms with Crippen molar-refractivity contribution in [3.63, 3.8) is 0 Å². The monoisotopic (exact) mass is 182 g/mol. The zero-order valence-electron chi connectivity index (χ0n) is 9.90. The van der Waals surface area contributed by atoms with E-state index in [2.05, 4.69) is 40.3 Å². The molecule has 78 valence electrons. The van der Waals surface area contributed by atoms with Crippen LogP contribution in [-0.2, 0) is 0 Å². The lowest BCUT2D eigenvalue weighted by Crippen LogP contribution is -2.24. The van der Waals surface area contributed by atoms with Crippen molar-refractivity contribution in [1.29, 1.82) is 0 Å². The van der Waals surface area contributed by atoms with Crippen LogP contribution < -0.4 is 0 Å². The van der Waals surface area contributed by atoms with E-state index in [9.17, 15) is 0 Å². The second-order valence-electron chi connectivity index (χ2n) is 4.36. The highest BCUT2D eigenvalue weighted by Gasteiger charge is 2.28. The maximum Gasteiger partial charge on any atom is -0.0185 e. The molecule has 13 heavy (non-hydrogen) atoms. The number of unbranched alkanes of at least 4 members (excludes halogenated alkanes) is 1. The number of allylic oxidation sites excluding steroid dienone is 1. The van der Waals surface area contributed by atoms with Crippen LogP contribution in [0.15, 0.2) is 12.7 Å². The molecule has 0 heteroatoms. The minimum Gasteiger partial charge on any atom is -0.103 e. The lowest BCUT2D eigenvalue weighted by molar-refractivity contribution is 0.188. The van der Waals surface area contributed by atoms with E-state index in [1.54, 1.807) is 0 Å². The van der Waals surface area contributed by atoms with Crippen molar-refractivity contribution >= 4 is 0 Å². The summed E-state index contributed by atoms with van der Waals surface area (Å²) in [5.41, 5.74) is 0.493. The Bertz CT molecular complexity index is 137. The SMILES string of the molecule is C=CC(CC)C(C)(CC)CCCC. The fourth-order valence-corrected chi connectivity index (χ4v) is 2.15. The molecule has 0 rings (SSSR count). The second kappa shape index (κ2) is 6.23. The van der Waals surface area contributed by atoms with Crippen molar-refractivity contribution in [2.45, 2.75) is 59.8 Å². The van der Waals surface area contributed by atoms with Gasteiger partial charge in [-0.3, -0.25) is 0 Å². The number of hydrogen-bond acceptors (Lipinski definition) is 0. The molecular weight excluding hydrogens is 156 g/mol. The Morgan fingerprint density at radius 3 is 2.23 bits per heavy atom. The van der Waals surface area contributed by atoms with Gasteiger partial charge in [-0.1, -0.05) is 53.0 Å². The molecule has 0 radical (unpaired) electrons. The standard InChI is InChI=1S/C13H26/c1-6-10-11-13(5,9-4)12(7-2)8-3/h7,12H,2,6,8-11H2,1,3-5H3. The largest absolute Gasteiger partial charge is 0.103 e. The van der Waals surface area contributed by atoms with Gasteiger partial charge < -0.3 is 0 Å². The van der Waals surface area contributed by atoms with Crippen molar-refractivity contribution in [3.8, 4) is 0 Å². The van der Waals surface area contributed by atoms with Gasteiger partial charge in [0.1, 0.15) is 0 Å². The summed E-state index contributed by atoms with van der Waals surface area (Å²) in [4.78, 5) is 0. The van der Waals surface area contributed by atoms with E-state index in [0.717, 1.165) is 0 Å². The van der Waals surface area contributed by atoms with Crippen molar-refractivity contribution in [1.82, 2.24) is 0 Å². The van der Waals surface area contributed by atoms with E-state index in [-0.39, 0.29) is 0 Å². The molecule has 0 nitrogen and oxygen atoms in total. The molecule has 2 unspecified atom stereocenters. The first-order valence-corrected chi connectivity index (χ1v) is 5.77. The minimum atomic E-state index is 0.493. The second-order valence-corrected chi connectivity index (χ2v) is 4.36. The first kappa shape index (κ1) is 12.7. The van der Waals surface area contributed by atoms with E-state index in [1.807, 2.05) is 0 Å². The summed E-state index contributed by atoms with van der Waals surface area (Å²) < 4.78 is 0. The van der Waals surface area contributed by atoms with Gasteiger partial charge in [-0.15, -0.1) is 6.58 Å². The fraction of sp³-hybridized carbons (Fsp3) is 0.846. The van der Waals surface area contributed by atoms with Gasteiger partial charge in [0.05, 0.1) is 0 Å². The molecule has 0 spiro atoms. The zero-order chi connectivity index (χ0) is 10.3. The Balaban J connectivity index is 4.29. The fourth-order valence-electron chi connectivity index (χ4n) is 2.15. The van der Waals surface area contributed by atoms with Crippen LogP contribution in [0.1, 0.15) is 59.8 Å². The predicted octanol–water partition coefficient (Wildman–Crippen LogP) is 4.81. The third-order valence-corrected chi connectivity index (χ3v) is 3.53. The molecule has 0 fully saturated rings. The molecule has 2 atom stereocenters. The van der Waals surface area contributed by atoms with Crippen LogP contribution in [0.3, 0.4) is 0 Å². The highest BCUT2D eigenvalue weighted by molar-refractivity contribution is 4.91. The zero-order valence-corrected chi connectivity index (χ0v) is 9.90. The molecule has 0 amide bonds. The van der Waals surface area contributed by atoms with E-state index >= 15 is 0 Å². The van der Waals surface area contributed by atoms with Gasteiger partial charge >= 0.3 is 0 Å². The molecule has 0 aliphatic rings. The summed E-state index contributed by atoms with van der Waals surface area (Å²) in [6.45, 7) is 13.2. The first-order valence-electron chi connectivity index (χ1n) is 5.77. The first-order chi connectivity index (χ1) is 6.14. The molecule has 0 aliphatic carbocycles. The summed E-state index contributed by atoms with van der Waals surface area (Å²) >= 11 is 0. The summed E-state index contributed by atoms with van der Waals surface area (Å²) in [6, 6.07) is 0. The molecule has 0 saturated heterocycles. The summed E-state index contributed by atoms with van der Waals surface area (Å²) in [7, 11) is 0. The Hall–Kier alpha value is -0.260. The van der Waals surface area contributed by atoms with Gasteiger partial charge in [-0.2, -0.15) is 0 Å². The Labute approximate surface area is 84.4 Å². The molecule has 0 aromatic rings. The van der Waals surface area contributed by atoms with Gasteiger partial charge in [0.25, 0.3) is 0 Å². The Morgan fingerprint density at radius 2 is 1.92 bits per heavy atom. The molecule has 0 heterocycles. The summed E-state index contributed by atoms with van der Waals surface area (Å²) in [6.07, 6.45) is 8.68. The highest BCUT2D eigenvalue weighted by Crippen LogP contribution is 2.38. The quantitative estimate of drug-likeness (QED) is 0.496. The van der Waals surface area contributed by atoms with E-state index in [0.29, 0.717) is 11.3 Å². The maximum atomic E-state index is 3.95. The van der Waals surface area contributed by atoms with E-state index in [4.69, 9.17) is 0 Å². The molecule has 0 aromatic heterocycles. The lowest BCUT2D eigenvalue weighted by atomic mass is 9.70. The van der Waals surface area contributed by atoms with Gasteiger partial charge in [-0.25, -0.2) is 0 Å². The van der Waals surface area contributed by atoms with Crippen molar-refractivity contribution in [2.75, 3.05) is 0 Å². The molecule has 0 aromatic carbocycles. The highest BCUT2D eigenvalue weighted by atomic mass is 14.3. The number of rotatable bonds is 7. The average Bonchev–Trinajstić information content (AvgIpc) is 2.16. The van der Waals surface area contributed by atoms with Crippen LogP contribution in [-0.4, -0.2) is 0 Å². The Morgan fingerprint density at radius 1 is 1.31 bits per heavy atom. The molecule has 0 saturated carbocycles. The predicted molar refractivity (Wildman–Crippen MR) is 61.9 cm³/mol. The third-order valence-electron chi connectivity index (χ3n) is 3.53. The Kier molecular flexibility index (Phi) is 6.11. The van der Waals surface area contributed by atoms with E-state index in [1.165, 1.54) is 32.1 Å². The normalized spacial score (nSPS) is 17.8. The van der Waals surface area contributed by atoms with Crippen LogP contribution in [0, 0.1) is 11.3 Å². The van der Waals surface area contributed by atoms with Crippen molar-refractivity contribution in [3.05, 3.63) is 12.7 Å². The molecule has 0 aliphatic heterocycles. The van der Waals surface area contributed by atoms with Gasteiger partial charge in [0, 0.05) is 0 Å². The van der Waals surface area contributed by atoms with E-state index < -0.39 is 0 Å². The maximum absolute atomic E-state index is 3.95. The smallest absolute Gasteiger partial charge is 0.0185 e. The van der Waals surface area contributed by atoms with Crippen molar-refractivity contribution < 1.29 is 0 Å². The lowest BCUT2D eigenvalue weighted by Gasteiger charge is -2.35.